The predicted octanol–water partition coefficient (Wildman–Crippen LogP) is 2.76. The van der Waals surface area contributed by atoms with Gasteiger partial charge in [0.15, 0.2) is 11.5 Å². The summed E-state index contributed by atoms with van der Waals surface area (Å²) >= 11 is 0. The molecular weight excluding hydrogens is 334 g/mol. The summed E-state index contributed by atoms with van der Waals surface area (Å²) in [6.07, 6.45) is 0.273. The van der Waals surface area contributed by atoms with E-state index in [9.17, 15) is 4.79 Å². The van der Waals surface area contributed by atoms with Gasteiger partial charge in [-0.05, 0) is 54.4 Å². The number of rotatable bonds is 9. The van der Waals surface area contributed by atoms with Crippen molar-refractivity contribution in [3.63, 3.8) is 0 Å². The molecule has 0 unspecified atom stereocenters. The molecule has 0 fully saturated rings. The third-order valence-corrected chi connectivity index (χ3v) is 3.95. The van der Waals surface area contributed by atoms with Crippen LogP contribution in [0.1, 0.15) is 11.1 Å². The normalized spacial score (nSPS) is 10.2. The van der Waals surface area contributed by atoms with Crippen LogP contribution >= 0.6 is 0 Å². The molecule has 1 amide bonds. The highest BCUT2D eigenvalue weighted by Crippen LogP contribution is 2.30. The number of ether oxygens (including phenoxy) is 4. The van der Waals surface area contributed by atoms with Crippen LogP contribution in [0.25, 0.3) is 0 Å². The molecule has 0 aromatic heterocycles. The summed E-state index contributed by atoms with van der Waals surface area (Å²) in [4.78, 5) is 12.2. The van der Waals surface area contributed by atoms with Crippen LogP contribution in [0.3, 0.4) is 0 Å². The number of hydrogen-bond donors (Lipinski definition) is 1. The van der Waals surface area contributed by atoms with E-state index in [0.717, 1.165) is 22.6 Å². The number of amides is 1. The van der Waals surface area contributed by atoms with E-state index in [1.165, 1.54) is 0 Å². The number of carbonyl (C=O) groups excluding carboxylic acids is 1. The Morgan fingerprint density at radius 2 is 1.54 bits per heavy atom. The fraction of sp³-hybridized carbons (Fsp3) is 0.350. The van der Waals surface area contributed by atoms with E-state index in [2.05, 4.69) is 5.32 Å². The highest BCUT2D eigenvalue weighted by atomic mass is 16.5. The fourth-order valence-electron chi connectivity index (χ4n) is 2.48. The number of benzene rings is 2. The van der Waals surface area contributed by atoms with Crippen LogP contribution in [0.2, 0.25) is 0 Å². The van der Waals surface area contributed by atoms with Crippen molar-refractivity contribution in [1.29, 1.82) is 0 Å². The first-order chi connectivity index (χ1) is 12.6. The molecule has 0 atom stereocenters. The molecule has 0 aliphatic heterocycles. The maximum absolute atomic E-state index is 12.2. The minimum atomic E-state index is -0.0707. The van der Waals surface area contributed by atoms with Crippen molar-refractivity contribution in [2.75, 3.05) is 34.5 Å². The first-order valence-corrected chi connectivity index (χ1v) is 8.32. The first kappa shape index (κ1) is 19.4. The lowest BCUT2D eigenvalue weighted by Crippen LogP contribution is -2.29. The van der Waals surface area contributed by atoms with Gasteiger partial charge in [-0.15, -0.1) is 0 Å². The number of nitrogens with one attached hydrogen (secondary N) is 1. The molecule has 2 rings (SSSR count). The van der Waals surface area contributed by atoms with Crippen molar-refractivity contribution < 1.29 is 23.7 Å². The van der Waals surface area contributed by atoms with E-state index in [1.807, 2.05) is 43.3 Å². The zero-order valence-corrected chi connectivity index (χ0v) is 15.6. The Balaban J connectivity index is 1.81. The molecule has 0 aliphatic carbocycles. The molecule has 0 saturated carbocycles. The number of methoxy groups -OCH3 is 3. The topological polar surface area (TPSA) is 66.0 Å². The molecule has 26 heavy (non-hydrogen) atoms. The van der Waals surface area contributed by atoms with Crippen LogP contribution in [-0.2, 0) is 11.2 Å². The zero-order valence-electron chi connectivity index (χ0n) is 15.6. The fourth-order valence-corrected chi connectivity index (χ4v) is 2.48. The summed E-state index contributed by atoms with van der Waals surface area (Å²) < 4.78 is 21.2. The summed E-state index contributed by atoms with van der Waals surface area (Å²) in [7, 11) is 4.78. The van der Waals surface area contributed by atoms with E-state index in [-0.39, 0.29) is 12.3 Å². The number of aryl methyl sites for hydroxylation is 1. The molecule has 1 N–H and O–H groups in total. The van der Waals surface area contributed by atoms with Crippen molar-refractivity contribution in [1.82, 2.24) is 5.32 Å². The van der Waals surface area contributed by atoms with Gasteiger partial charge < -0.3 is 24.3 Å². The van der Waals surface area contributed by atoms with Gasteiger partial charge in [-0.1, -0.05) is 0 Å². The second-order valence-corrected chi connectivity index (χ2v) is 5.68. The highest BCUT2D eigenvalue weighted by molar-refractivity contribution is 5.79. The second-order valence-electron chi connectivity index (χ2n) is 5.68. The van der Waals surface area contributed by atoms with Crippen LogP contribution in [0.15, 0.2) is 36.4 Å². The largest absolute Gasteiger partial charge is 0.497 e. The SMILES string of the molecule is COc1ccc(OCCNC(=O)Cc2cc(OC)c(OC)cc2C)cc1. The monoisotopic (exact) mass is 359 g/mol. The summed E-state index contributed by atoms with van der Waals surface area (Å²) in [6.45, 7) is 2.76. The van der Waals surface area contributed by atoms with E-state index >= 15 is 0 Å². The summed E-state index contributed by atoms with van der Waals surface area (Å²) in [6, 6.07) is 11.0. The third-order valence-electron chi connectivity index (χ3n) is 3.95. The van der Waals surface area contributed by atoms with Crippen molar-refractivity contribution in [2.24, 2.45) is 0 Å². The van der Waals surface area contributed by atoms with Crippen LogP contribution in [0.4, 0.5) is 0 Å². The molecule has 0 radical (unpaired) electrons. The highest BCUT2D eigenvalue weighted by Gasteiger charge is 2.11. The van der Waals surface area contributed by atoms with Gasteiger partial charge in [0.2, 0.25) is 5.91 Å². The average Bonchev–Trinajstić information content (AvgIpc) is 2.67. The molecule has 6 nitrogen and oxygen atoms in total. The molecule has 0 heterocycles. The molecular formula is C20H25NO5. The molecule has 2 aromatic rings. The van der Waals surface area contributed by atoms with Crippen LogP contribution < -0.4 is 24.3 Å². The number of carbonyl (C=O) groups is 1. The maximum atomic E-state index is 12.2. The van der Waals surface area contributed by atoms with Gasteiger partial charge in [0.25, 0.3) is 0 Å². The van der Waals surface area contributed by atoms with Gasteiger partial charge in [0, 0.05) is 0 Å². The molecule has 2 aromatic carbocycles. The predicted molar refractivity (Wildman–Crippen MR) is 99.5 cm³/mol. The van der Waals surface area contributed by atoms with E-state index in [4.69, 9.17) is 18.9 Å². The van der Waals surface area contributed by atoms with Gasteiger partial charge in [-0.25, -0.2) is 0 Å². The van der Waals surface area contributed by atoms with Gasteiger partial charge in [-0.3, -0.25) is 4.79 Å². The first-order valence-electron chi connectivity index (χ1n) is 8.32. The Kier molecular flexibility index (Phi) is 7.14. The molecule has 0 bridgehead atoms. The van der Waals surface area contributed by atoms with E-state index in [0.29, 0.717) is 24.7 Å². The van der Waals surface area contributed by atoms with E-state index in [1.54, 1.807) is 21.3 Å². The van der Waals surface area contributed by atoms with Crippen LogP contribution in [-0.4, -0.2) is 40.4 Å². The quantitative estimate of drug-likeness (QED) is 0.698. The van der Waals surface area contributed by atoms with Crippen molar-refractivity contribution in [3.8, 4) is 23.0 Å². The Morgan fingerprint density at radius 1 is 0.923 bits per heavy atom. The Hall–Kier alpha value is -2.89. The second kappa shape index (κ2) is 9.56. The summed E-state index contributed by atoms with van der Waals surface area (Å²) in [5.74, 6) is 2.70. The third kappa shape index (κ3) is 5.31. The van der Waals surface area contributed by atoms with Gasteiger partial charge in [-0.2, -0.15) is 0 Å². The Bertz CT molecular complexity index is 728. The zero-order chi connectivity index (χ0) is 18.9. The maximum Gasteiger partial charge on any atom is 0.224 e. The molecule has 6 heteroatoms. The molecule has 0 aliphatic rings. The lowest BCUT2D eigenvalue weighted by molar-refractivity contribution is -0.120. The average molecular weight is 359 g/mol. The Labute approximate surface area is 154 Å². The molecule has 140 valence electrons. The van der Waals surface area contributed by atoms with Crippen molar-refractivity contribution >= 4 is 5.91 Å². The van der Waals surface area contributed by atoms with E-state index < -0.39 is 0 Å². The number of hydrogen-bond acceptors (Lipinski definition) is 5. The lowest BCUT2D eigenvalue weighted by Gasteiger charge is -2.13. The minimum Gasteiger partial charge on any atom is -0.497 e. The van der Waals surface area contributed by atoms with Gasteiger partial charge in [0.1, 0.15) is 18.1 Å². The summed E-state index contributed by atoms with van der Waals surface area (Å²) in [5.41, 5.74) is 1.88. The van der Waals surface area contributed by atoms with Gasteiger partial charge >= 0.3 is 0 Å². The molecule has 0 saturated heterocycles. The smallest absolute Gasteiger partial charge is 0.224 e. The standard InChI is InChI=1S/C20H25NO5/c1-14-11-18(24-3)19(25-4)12-15(14)13-20(22)21-9-10-26-17-7-5-16(23-2)6-8-17/h5-8,11-12H,9-10,13H2,1-4H3,(H,21,22). The lowest BCUT2D eigenvalue weighted by atomic mass is 10.0. The van der Waals surface area contributed by atoms with Crippen LogP contribution in [0, 0.1) is 6.92 Å². The van der Waals surface area contributed by atoms with Crippen LogP contribution in [0.5, 0.6) is 23.0 Å². The summed E-state index contributed by atoms with van der Waals surface area (Å²) in [5, 5.41) is 2.86. The molecule has 0 spiro atoms. The minimum absolute atomic E-state index is 0.0707. The van der Waals surface area contributed by atoms with Crippen molar-refractivity contribution in [3.05, 3.63) is 47.5 Å². The van der Waals surface area contributed by atoms with Gasteiger partial charge in [0.05, 0.1) is 34.3 Å². The van der Waals surface area contributed by atoms with Crippen molar-refractivity contribution in [2.45, 2.75) is 13.3 Å². The Morgan fingerprint density at radius 3 is 2.15 bits per heavy atom.